The minimum atomic E-state index is -0.366. The zero-order valence-electron chi connectivity index (χ0n) is 8.54. The Kier molecular flexibility index (Phi) is 4.39. The molecule has 1 amide bonds. The molecule has 5 heteroatoms. The fraction of sp³-hybridized carbons (Fsp3) is 0.300. The van der Waals surface area contributed by atoms with Crippen molar-refractivity contribution < 1.29 is 14.4 Å². The smallest absolute Gasteiger partial charge is 0.281 e. The van der Waals surface area contributed by atoms with Gasteiger partial charge in [0.2, 0.25) is 0 Å². The lowest BCUT2D eigenvalue weighted by Gasteiger charge is -2.08. The van der Waals surface area contributed by atoms with Gasteiger partial charge in [-0.3, -0.25) is 9.63 Å². The normalized spacial score (nSPS) is 9.80. The van der Waals surface area contributed by atoms with Gasteiger partial charge in [0, 0.05) is 0 Å². The zero-order valence-corrected chi connectivity index (χ0v) is 9.30. The summed E-state index contributed by atoms with van der Waals surface area (Å²) in [5.74, 6) is 0.123. The van der Waals surface area contributed by atoms with Crippen molar-refractivity contribution >= 4 is 17.5 Å². The number of rotatable bonds is 4. The fourth-order valence-corrected chi connectivity index (χ4v) is 1.18. The molecule has 15 heavy (non-hydrogen) atoms. The van der Waals surface area contributed by atoms with Crippen LogP contribution in [0, 0.1) is 6.92 Å². The number of hydrogen-bond acceptors (Lipinski definition) is 3. The van der Waals surface area contributed by atoms with E-state index in [-0.39, 0.29) is 12.5 Å². The lowest BCUT2D eigenvalue weighted by Crippen LogP contribution is -2.27. The molecule has 0 fully saturated rings. The molecular weight excluding hydrogens is 218 g/mol. The summed E-state index contributed by atoms with van der Waals surface area (Å²) in [7, 11) is 1.36. The first-order chi connectivity index (χ1) is 7.13. The Morgan fingerprint density at radius 2 is 2.27 bits per heavy atom. The monoisotopic (exact) mass is 229 g/mol. The van der Waals surface area contributed by atoms with Gasteiger partial charge in [0.1, 0.15) is 5.75 Å². The topological polar surface area (TPSA) is 47.6 Å². The number of aryl methyl sites for hydroxylation is 1. The van der Waals surface area contributed by atoms with Crippen LogP contribution in [0.25, 0.3) is 0 Å². The van der Waals surface area contributed by atoms with Crippen molar-refractivity contribution in [1.29, 1.82) is 0 Å². The average Bonchev–Trinajstić information content (AvgIpc) is 2.20. The lowest BCUT2D eigenvalue weighted by atomic mass is 10.2. The molecule has 1 rings (SSSR count). The molecule has 0 bridgehead atoms. The van der Waals surface area contributed by atoms with Crippen LogP contribution in [-0.2, 0) is 9.63 Å². The number of hydroxylamine groups is 1. The van der Waals surface area contributed by atoms with Crippen LogP contribution in [-0.4, -0.2) is 19.6 Å². The van der Waals surface area contributed by atoms with Gasteiger partial charge >= 0.3 is 0 Å². The van der Waals surface area contributed by atoms with E-state index in [1.165, 1.54) is 7.11 Å². The zero-order chi connectivity index (χ0) is 11.3. The Balaban J connectivity index is 2.57. The Hall–Kier alpha value is -1.26. The van der Waals surface area contributed by atoms with E-state index in [4.69, 9.17) is 16.3 Å². The van der Waals surface area contributed by atoms with Crippen LogP contribution in [0.5, 0.6) is 5.75 Å². The molecule has 0 unspecified atom stereocenters. The second kappa shape index (κ2) is 5.58. The highest BCUT2D eigenvalue weighted by atomic mass is 35.5. The first-order valence-electron chi connectivity index (χ1n) is 4.34. The molecule has 0 saturated carbocycles. The Morgan fingerprint density at radius 3 is 2.93 bits per heavy atom. The molecule has 1 aromatic rings. The largest absolute Gasteiger partial charge is 0.482 e. The van der Waals surface area contributed by atoms with Crippen LogP contribution in [0.3, 0.4) is 0 Å². The molecule has 0 spiro atoms. The van der Waals surface area contributed by atoms with E-state index in [0.717, 1.165) is 5.56 Å². The summed E-state index contributed by atoms with van der Waals surface area (Å²) in [4.78, 5) is 15.4. The van der Waals surface area contributed by atoms with E-state index in [1.54, 1.807) is 12.1 Å². The Labute approximate surface area is 93.1 Å². The highest BCUT2D eigenvalue weighted by Crippen LogP contribution is 2.24. The molecule has 0 heterocycles. The maximum Gasteiger partial charge on any atom is 0.281 e. The van der Waals surface area contributed by atoms with Gasteiger partial charge in [0.25, 0.3) is 5.91 Å². The second-order valence-corrected chi connectivity index (χ2v) is 3.36. The van der Waals surface area contributed by atoms with Gasteiger partial charge < -0.3 is 4.74 Å². The number of hydrogen-bond donors (Lipinski definition) is 1. The quantitative estimate of drug-likeness (QED) is 0.800. The molecule has 0 aliphatic carbocycles. The first-order valence-corrected chi connectivity index (χ1v) is 4.72. The number of carbonyl (C=O) groups excluding carboxylic acids is 1. The van der Waals surface area contributed by atoms with Crippen molar-refractivity contribution in [3.8, 4) is 5.75 Å². The van der Waals surface area contributed by atoms with Crippen molar-refractivity contribution in [2.24, 2.45) is 0 Å². The minimum absolute atomic E-state index is 0.128. The van der Waals surface area contributed by atoms with E-state index >= 15 is 0 Å². The van der Waals surface area contributed by atoms with Crippen molar-refractivity contribution in [2.75, 3.05) is 13.7 Å². The maximum absolute atomic E-state index is 11.0. The lowest BCUT2D eigenvalue weighted by molar-refractivity contribution is -0.133. The van der Waals surface area contributed by atoms with Gasteiger partial charge in [-0.25, -0.2) is 5.48 Å². The first kappa shape index (κ1) is 11.8. The van der Waals surface area contributed by atoms with E-state index in [2.05, 4.69) is 10.3 Å². The Bertz CT molecular complexity index is 355. The molecule has 0 saturated heterocycles. The summed E-state index contributed by atoms with van der Waals surface area (Å²) >= 11 is 5.87. The second-order valence-electron chi connectivity index (χ2n) is 2.95. The van der Waals surface area contributed by atoms with Crippen molar-refractivity contribution in [1.82, 2.24) is 5.48 Å². The number of carbonyl (C=O) groups is 1. The molecule has 82 valence electrons. The average molecular weight is 230 g/mol. The Morgan fingerprint density at radius 1 is 1.53 bits per heavy atom. The van der Waals surface area contributed by atoms with Gasteiger partial charge in [-0.1, -0.05) is 17.7 Å². The molecule has 0 aliphatic rings. The molecule has 1 N–H and O–H groups in total. The van der Waals surface area contributed by atoms with E-state index in [9.17, 15) is 4.79 Å². The molecule has 0 aromatic heterocycles. The molecule has 0 atom stereocenters. The van der Waals surface area contributed by atoms with Gasteiger partial charge in [-0.2, -0.15) is 0 Å². The van der Waals surface area contributed by atoms with E-state index < -0.39 is 0 Å². The van der Waals surface area contributed by atoms with Crippen LogP contribution in [0.15, 0.2) is 18.2 Å². The number of halogens is 1. The highest BCUT2D eigenvalue weighted by molar-refractivity contribution is 6.32. The van der Waals surface area contributed by atoms with Crippen molar-refractivity contribution in [3.63, 3.8) is 0 Å². The van der Waals surface area contributed by atoms with Crippen molar-refractivity contribution in [2.45, 2.75) is 6.92 Å². The number of nitrogens with one attached hydrogen (secondary N) is 1. The third-order valence-electron chi connectivity index (χ3n) is 1.66. The van der Waals surface area contributed by atoms with Crippen LogP contribution < -0.4 is 10.2 Å². The fourth-order valence-electron chi connectivity index (χ4n) is 1.01. The number of benzene rings is 1. The standard InChI is InChI=1S/C10H12ClNO3/c1-7-3-4-8(11)9(5-7)15-6-10(13)12-14-2/h3-5H,6H2,1-2H3,(H,12,13). The van der Waals surface area contributed by atoms with E-state index in [1.807, 2.05) is 13.0 Å². The summed E-state index contributed by atoms with van der Waals surface area (Å²) in [6.45, 7) is 1.79. The summed E-state index contributed by atoms with van der Waals surface area (Å²) in [5.41, 5.74) is 3.16. The van der Waals surface area contributed by atoms with Crippen LogP contribution >= 0.6 is 11.6 Å². The molecule has 4 nitrogen and oxygen atoms in total. The summed E-state index contributed by atoms with van der Waals surface area (Å²) in [6, 6.07) is 5.35. The van der Waals surface area contributed by atoms with Crippen LogP contribution in [0.1, 0.15) is 5.56 Å². The minimum Gasteiger partial charge on any atom is -0.482 e. The molecule has 1 aromatic carbocycles. The van der Waals surface area contributed by atoms with Gasteiger partial charge in [-0.05, 0) is 24.6 Å². The molecular formula is C10H12ClNO3. The van der Waals surface area contributed by atoms with Crippen molar-refractivity contribution in [3.05, 3.63) is 28.8 Å². The van der Waals surface area contributed by atoms with Gasteiger partial charge in [0.05, 0.1) is 12.1 Å². The summed E-state index contributed by atoms with van der Waals surface area (Å²) in [5, 5.41) is 0.478. The maximum atomic E-state index is 11.0. The summed E-state index contributed by atoms with van der Waals surface area (Å²) in [6.07, 6.45) is 0. The highest BCUT2D eigenvalue weighted by Gasteiger charge is 2.05. The van der Waals surface area contributed by atoms with Crippen LogP contribution in [0.4, 0.5) is 0 Å². The molecule has 0 aliphatic heterocycles. The summed E-state index contributed by atoms with van der Waals surface area (Å²) < 4.78 is 5.21. The van der Waals surface area contributed by atoms with Gasteiger partial charge in [-0.15, -0.1) is 0 Å². The van der Waals surface area contributed by atoms with Crippen LogP contribution in [0.2, 0.25) is 5.02 Å². The van der Waals surface area contributed by atoms with E-state index in [0.29, 0.717) is 10.8 Å². The molecule has 0 radical (unpaired) electrons. The predicted octanol–water partition coefficient (Wildman–Crippen LogP) is 1.70. The number of amides is 1. The predicted molar refractivity (Wildman–Crippen MR) is 56.8 cm³/mol. The van der Waals surface area contributed by atoms with Gasteiger partial charge in [0.15, 0.2) is 6.61 Å². The third-order valence-corrected chi connectivity index (χ3v) is 1.97. The third kappa shape index (κ3) is 3.77. The number of ether oxygens (including phenoxy) is 1. The SMILES string of the molecule is CONC(=O)COc1cc(C)ccc1Cl.